The second kappa shape index (κ2) is 9.33. The number of rotatable bonds is 7. The number of nitriles is 1. The summed E-state index contributed by atoms with van der Waals surface area (Å²) in [5.41, 5.74) is 1.50. The van der Waals surface area contributed by atoms with E-state index in [1.807, 2.05) is 43.3 Å². The van der Waals surface area contributed by atoms with E-state index in [1.54, 1.807) is 12.2 Å². The maximum Gasteiger partial charge on any atom is 0.338 e. The number of benzene rings is 1. The van der Waals surface area contributed by atoms with Crippen molar-refractivity contribution < 1.29 is 9.53 Å². The van der Waals surface area contributed by atoms with Gasteiger partial charge in [-0.15, -0.1) is 0 Å². The lowest BCUT2D eigenvalue weighted by molar-refractivity contribution is -0.138. The van der Waals surface area contributed by atoms with Gasteiger partial charge in [-0.1, -0.05) is 56.3 Å². The Morgan fingerprint density at radius 2 is 2.10 bits per heavy atom. The highest BCUT2D eigenvalue weighted by Gasteiger charge is 2.08. The van der Waals surface area contributed by atoms with Crippen molar-refractivity contribution in [3.05, 3.63) is 65.8 Å². The Morgan fingerprint density at radius 3 is 2.71 bits per heavy atom. The highest BCUT2D eigenvalue weighted by atomic mass is 16.5. The lowest BCUT2D eigenvalue weighted by atomic mass is 10.1. The molecular formula is C18H19NO2. The molecule has 0 radical (unpaired) electrons. The van der Waals surface area contributed by atoms with Gasteiger partial charge in [-0.2, -0.15) is 5.26 Å². The van der Waals surface area contributed by atoms with E-state index in [1.165, 1.54) is 6.08 Å². The van der Waals surface area contributed by atoms with Crippen LogP contribution in [0.1, 0.15) is 25.3 Å². The van der Waals surface area contributed by atoms with Crippen molar-refractivity contribution in [1.82, 2.24) is 0 Å². The van der Waals surface area contributed by atoms with E-state index in [4.69, 9.17) is 10.00 Å². The molecule has 0 aliphatic rings. The number of ether oxygens (including phenoxy) is 1. The lowest BCUT2D eigenvalue weighted by Gasteiger charge is -2.04. The molecule has 0 saturated heterocycles. The van der Waals surface area contributed by atoms with Crippen LogP contribution in [0.4, 0.5) is 0 Å². The van der Waals surface area contributed by atoms with Crippen LogP contribution in [0.2, 0.25) is 0 Å². The molecule has 1 aromatic carbocycles. The fourth-order valence-corrected chi connectivity index (χ4v) is 1.54. The molecule has 21 heavy (non-hydrogen) atoms. The van der Waals surface area contributed by atoms with E-state index >= 15 is 0 Å². The topological polar surface area (TPSA) is 50.1 Å². The van der Waals surface area contributed by atoms with Gasteiger partial charge in [-0.3, -0.25) is 0 Å². The zero-order valence-electron chi connectivity index (χ0n) is 12.2. The third kappa shape index (κ3) is 6.40. The first-order chi connectivity index (χ1) is 10.2. The van der Waals surface area contributed by atoms with Crippen molar-refractivity contribution in [2.24, 2.45) is 0 Å². The van der Waals surface area contributed by atoms with Crippen molar-refractivity contribution in [2.45, 2.75) is 19.8 Å². The molecular weight excluding hydrogens is 262 g/mol. The molecule has 3 nitrogen and oxygen atoms in total. The maximum atomic E-state index is 12.0. The monoisotopic (exact) mass is 281 g/mol. The highest BCUT2D eigenvalue weighted by Crippen LogP contribution is 2.09. The number of unbranched alkanes of at least 4 members (excludes halogenated alkanes) is 1. The fraction of sp³-hybridized carbons (Fsp3) is 0.222. The Morgan fingerprint density at radius 1 is 1.38 bits per heavy atom. The molecule has 0 spiro atoms. The van der Waals surface area contributed by atoms with Gasteiger partial charge in [0, 0.05) is 5.57 Å². The number of esters is 1. The highest BCUT2D eigenvalue weighted by molar-refractivity contribution is 5.93. The van der Waals surface area contributed by atoms with Gasteiger partial charge >= 0.3 is 5.97 Å². The maximum absolute atomic E-state index is 12.0. The van der Waals surface area contributed by atoms with E-state index in [0.29, 0.717) is 12.2 Å². The number of carbonyl (C=O) groups is 1. The van der Waals surface area contributed by atoms with Crippen molar-refractivity contribution in [3.8, 4) is 6.07 Å². The summed E-state index contributed by atoms with van der Waals surface area (Å²) in [4.78, 5) is 12.0. The molecule has 0 heterocycles. The normalized spacial score (nSPS) is 11.1. The summed E-state index contributed by atoms with van der Waals surface area (Å²) < 4.78 is 5.17. The second-order valence-electron chi connectivity index (χ2n) is 4.47. The Labute approximate surface area is 125 Å². The third-order valence-electron chi connectivity index (χ3n) is 2.70. The number of carbonyl (C=O) groups excluding carboxylic acids is 1. The molecule has 0 aliphatic carbocycles. The predicted molar refractivity (Wildman–Crippen MR) is 84.2 cm³/mol. The number of hydrogen-bond acceptors (Lipinski definition) is 3. The number of hydrogen-bond donors (Lipinski definition) is 0. The van der Waals surface area contributed by atoms with Crippen LogP contribution in [0.5, 0.6) is 0 Å². The Hall–Kier alpha value is -2.60. The summed E-state index contributed by atoms with van der Waals surface area (Å²) in [6.07, 6.45) is 6.66. The zero-order chi connectivity index (χ0) is 15.5. The fourth-order valence-electron chi connectivity index (χ4n) is 1.54. The minimum atomic E-state index is -0.438. The smallest absolute Gasteiger partial charge is 0.338 e. The molecule has 0 N–H and O–H groups in total. The van der Waals surface area contributed by atoms with E-state index in [9.17, 15) is 4.79 Å². The minimum absolute atomic E-state index is 0.218. The van der Waals surface area contributed by atoms with E-state index in [2.05, 4.69) is 6.58 Å². The molecule has 0 bridgehead atoms. The van der Waals surface area contributed by atoms with Crippen molar-refractivity contribution >= 4 is 12.0 Å². The van der Waals surface area contributed by atoms with Crippen LogP contribution in [-0.4, -0.2) is 12.6 Å². The molecule has 1 aromatic rings. The Balaban J connectivity index is 2.85. The van der Waals surface area contributed by atoms with Crippen LogP contribution in [0, 0.1) is 11.3 Å². The van der Waals surface area contributed by atoms with E-state index in [0.717, 1.165) is 18.4 Å². The summed E-state index contributed by atoms with van der Waals surface area (Å²) in [7, 11) is 0. The molecule has 0 fully saturated rings. The van der Waals surface area contributed by atoms with Gasteiger partial charge in [0.2, 0.25) is 0 Å². The first kappa shape index (κ1) is 16.5. The van der Waals surface area contributed by atoms with Gasteiger partial charge in [-0.05, 0) is 24.1 Å². The van der Waals surface area contributed by atoms with Crippen LogP contribution < -0.4 is 0 Å². The minimum Gasteiger partial charge on any atom is -0.462 e. The zero-order valence-corrected chi connectivity index (χ0v) is 12.2. The molecule has 0 atom stereocenters. The standard InChI is InChI=1S/C18H19NO2/c1-3-4-12-21-18(20)17(13-15(2)14-19)11-10-16-8-6-5-7-9-16/h5-11,13H,2-4,12H2,1H3. The summed E-state index contributed by atoms with van der Waals surface area (Å²) in [6.45, 7) is 5.97. The van der Waals surface area contributed by atoms with E-state index < -0.39 is 5.97 Å². The van der Waals surface area contributed by atoms with Crippen molar-refractivity contribution in [2.75, 3.05) is 6.61 Å². The first-order valence-electron chi connectivity index (χ1n) is 6.88. The van der Waals surface area contributed by atoms with Gasteiger partial charge in [0.15, 0.2) is 0 Å². The average Bonchev–Trinajstić information content (AvgIpc) is 2.52. The van der Waals surface area contributed by atoms with Gasteiger partial charge in [-0.25, -0.2) is 4.79 Å². The molecule has 0 unspecified atom stereocenters. The molecule has 0 aromatic heterocycles. The second-order valence-corrected chi connectivity index (χ2v) is 4.47. The molecule has 0 saturated carbocycles. The van der Waals surface area contributed by atoms with Crippen LogP contribution in [0.15, 0.2) is 60.2 Å². The predicted octanol–water partition coefficient (Wildman–Crippen LogP) is 4.05. The lowest BCUT2D eigenvalue weighted by Crippen LogP contribution is -2.08. The average molecular weight is 281 g/mol. The summed E-state index contributed by atoms with van der Waals surface area (Å²) in [5, 5.41) is 8.79. The van der Waals surface area contributed by atoms with Gasteiger partial charge < -0.3 is 4.74 Å². The van der Waals surface area contributed by atoms with Gasteiger partial charge in [0.05, 0.1) is 18.2 Å². The Bertz CT molecular complexity index is 577. The molecule has 1 rings (SSSR count). The molecule has 108 valence electrons. The summed E-state index contributed by atoms with van der Waals surface area (Å²) in [6, 6.07) is 11.5. The molecule has 0 amide bonds. The largest absolute Gasteiger partial charge is 0.462 e. The molecule has 3 heteroatoms. The summed E-state index contributed by atoms with van der Waals surface area (Å²) in [5.74, 6) is -0.438. The van der Waals surface area contributed by atoms with Crippen LogP contribution >= 0.6 is 0 Å². The van der Waals surface area contributed by atoms with Gasteiger partial charge in [0.1, 0.15) is 0 Å². The number of nitrogens with zero attached hydrogens (tertiary/aromatic N) is 1. The van der Waals surface area contributed by atoms with Crippen molar-refractivity contribution in [3.63, 3.8) is 0 Å². The van der Waals surface area contributed by atoms with E-state index in [-0.39, 0.29) is 5.57 Å². The van der Waals surface area contributed by atoms with Crippen molar-refractivity contribution in [1.29, 1.82) is 5.26 Å². The molecule has 0 aliphatic heterocycles. The quantitative estimate of drug-likeness (QED) is 0.249. The first-order valence-corrected chi connectivity index (χ1v) is 6.88. The summed E-state index contributed by atoms with van der Waals surface area (Å²) >= 11 is 0. The van der Waals surface area contributed by atoms with Gasteiger partial charge in [0.25, 0.3) is 0 Å². The van der Waals surface area contributed by atoms with Crippen LogP contribution in [0.3, 0.4) is 0 Å². The van der Waals surface area contributed by atoms with Crippen LogP contribution in [-0.2, 0) is 9.53 Å². The number of allylic oxidation sites excluding steroid dienone is 2. The Kier molecular flexibility index (Phi) is 7.31. The third-order valence-corrected chi connectivity index (χ3v) is 2.70. The van der Waals surface area contributed by atoms with Crippen LogP contribution in [0.25, 0.3) is 6.08 Å². The SMILES string of the molecule is C=C(C#N)C=C(C=Cc1ccccc1)C(=O)OCCCC.